The van der Waals surface area contributed by atoms with E-state index in [1.807, 2.05) is 0 Å². The lowest BCUT2D eigenvalue weighted by Crippen LogP contribution is -2.31. The van der Waals surface area contributed by atoms with Crippen molar-refractivity contribution in [3.05, 3.63) is 16.3 Å². The van der Waals surface area contributed by atoms with Crippen LogP contribution in [0.4, 0.5) is 5.69 Å². The molecule has 1 aliphatic heterocycles. The SMILES string of the molecule is COC(=O)c1sccc1NC(=O)C1CC12CCNCC2. The molecular weight excluding hydrogens is 276 g/mol. The first-order valence-electron chi connectivity index (χ1n) is 6.84. The number of carbonyl (C=O) groups is 2. The zero-order chi connectivity index (χ0) is 14.2. The van der Waals surface area contributed by atoms with Gasteiger partial charge in [-0.2, -0.15) is 0 Å². The van der Waals surface area contributed by atoms with Gasteiger partial charge in [-0.1, -0.05) is 0 Å². The van der Waals surface area contributed by atoms with E-state index in [1.165, 1.54) is 18.4 Å². The van der Waals surface area contributed by atoms with Crippen LogP contribution in [0.15, 0.2) is 11.4 Å². The van der Waals surface area contributed by atoms with Gasteiger partial charge in [-0.25, -0.2) is 4.79 Å². The molecule has 1 unspecified atom stereocenters. The molecule has 5 nitrogen and oxygen atoms in total. The summed E-state index contributed by atoms with van der Waals surface area (Å²) in [6.45, 7) is 1.99. The smallest absolute Gasteiger partial charge is 0.350 e. The van der Waals surface area contributed by atoms with E-state index in [9.17, 15) is 9.59 Å². The Hall–Kier alpha value is -1.40. The van der Waals surface area contributed by atoms with Crippen LogP contribution in [-0.2, 0) is 9.53 Å². The van der Waals surface area contributed by atoms with Crippen LogP contribution in [0.5, 0.6) is 0 Å². The predicted octanol–water partition coefficient (Wildman–Crippen LogP) is 1.86. The Morgan fingerprint density at radius 2 is 2.20 bits per heavy atom. The van der Waals surface area contributed by atoms with Crippen LogP contribution < -0.4 is 10.6 Å². The number of ether oxygens (including phenoxy) is 1. The van der Waals surface area contributed by atoms with E-state index in [0.717, 1.165) is 32.4 Å². The molecule has 0 aromatic carbocycles. The zero-order valence-corrected chi connectivity index (χ0v) is 12.2. The van der Waals surface area contributed by atoms with Crippen LogP contribution in [0.2, 0.25) is 0 Å². The highest BCUT2D eigenvalue weighted by atomic mass is 32.1. The van der Waals surface area contributed by atoms with Crippen LogP contribution in [-0.4, -0.2) is 32.1 Å². The molecule has 2 aliphatic rings. The average Bonchev–Trinajstić information content (AvgIpc) is 2.95. The summed E-state index contributed by atoms with van der Waals surface area (Å²) in [5.41, 5.74) is 0.777. The van der Waals surface area contributed by atoms with Crippen LogP contribution in [0.3, 0.4) is 0 Å². The Morgan fingerprint density at radius 1 is 1.45 bits per heavy atom. The number of nitrogens with one attached hydrogen (secondary N) is 2. The highest BCUT2D eigenvalue weighted by Gasteiger charge is 2.57. The van der Waals surface area contributed by atoms with Crippen molar-refractivity contribution in [3.8, 4) is 0 Å². The fraction of sp³-hybridized carbons (Fsp3) is 0.571. The minimum atomic E-state index is -0.400. The van der Waals surface area contributed by atoms with Gasteiger partial charge in [0, 0.05) is 5.92 Å². The molecule has 20 heavy (non-hydrogen) atoms. The first-order valence-corrected chi connectivity index (χ1v) is 7.72. The Bertz CT molecular complexity index is 534. The molecule has 6 heteroatoms. The number of anilines is 1. The molecule has 1 aliphatic carbocycles. The van der Waals surface area contributed by atoms with Gasteiger partial charge in [0.1, 0.15) is 4.88 Å². The van der Waals surface area contributed by atoms with E-state index >= 15 is 0 Å². The van der Waals surface area contributed by atoms with Gasteiger partial charge in [-0.15, -0.1) is 11.3 Å². The number of amides is 1. The maximum atomic E-state index is 12.3. The molecule has 3 rings (SSSR count). The van der Waals surface area contributed by atoms with E-state index in [0.29, 0.717) is 10.6 Å². The van der Waals surface area contributed by atoms with Gasteiger partial charge >= 0.3 is 5.97 Å². The van der Waals surface area contributed by atoms with Gasteiger partial charge in [0.15, 0.2) is 0 Å². The normalized spacial score (nSPS) is 23.4. The number of rotatable bonds is 3. The quantitative estimate of drug-likeness (QED) is 0.835. The molecule has 1 aromatic rings. The van der Waals surface area contributed by atoms with Gasteiger partial charge in [0.25, 0.3) is 0 Å². The van der Waals surface area contributed by atoms with Gasteiger partial charge < -0.3 is 15.4 Å². The summed E-state index contributed by atoms with van der Waals surface area (Å²) < 4.78 is 4.71. The maximum Gasteiger partial charge on any atom is 0.350 e. The summed E-state index contributed by atoms with van der Waals surface area (Å²) in [7, 11) is 1.35. The number of carbonyl (C=O) groups excluding carboxylic acids is 2. The van der Waals surface area contributed by atoms with E-state index in [-0.39, 0.29) is 17.2 Å². The average molecular weight is 294 g/mol. The fourth-order valence-corrected chi connectivity index (χ4v) is 3.84. The van der Waals surface area contributed by atoms with Crippen molar-refractivity contribution < 1.29 is 14.3 Å². The summed E-state index contributed by atoms with van der Waals surface area (Å²) in [5, 5.41) is 8.00. The van der Waals surface area contributed by atoms with E-state index < -0.39 is 5.97 Å². The maximum absolute atomic E-state index is 12.3. The van der Waals surface area contributed by atoms with Crippen molar-refractivity contribution >= 4 is 28.9 Å². The Kier molecular flexibility index (Phi) is 3.52. The molecule has 2 fully saturated rings. The number of esters is 1. The molecule has 108 valence electrons. The minimum absolute atomic E-state index is 0.0375. The van der Waals surface area contributed by atoms with Gasteiger partial charge in [0.2, 0.25) is 5.91 Å². The number of piperidine rings is 1. The molecule has 0 bridgehead atoms. The number of hydrogen-bond donors (Lipinski definition) is 2. The third-order valence-corrected chi connectivity index (χ3v) is 5.29. The monoisotopic (exact) mass is 294 g/mol. The highest BCUT2D eigenvalue weighted by molar-refractivity contribution is 7.12. The second-order valence-electron chi connectivity index (χ2n) is 5.51. The van der Waals surface area contributed by atoms with Crippen LogP contribution in [0.25, 0.3) is 0 Å². The Morgan fingerprint density at radius 3 is 2.90 bits per heavy atom. The number of hydrogen-bond acceptors (Lipinski definition) is 5. The Labute approximate surface area is 121 Å². The second kappa shape index (κ2) is 5.18. The van der Waals surface area contributed by atoms with Crippen LogP contribution in [0.1, 0.15) is 28.9 Å². The van der Waals surface area contributed by atoms with Gasteiger partial charge in [-0.3, -0.25) is 4.79 Å². The highest BCUT2D eigenvalue weighted by Crippen LogP contribution is 2.58. The van der Waals surface area contributed by atoms with Gasteiger partial charge in [-0.05, 0) is 49.2 Å². The lowest BCUT2D eigenvalue weighted by atomic mass is 9.92. The van der Waals surface area contributed by atoms with Crippen molar-refractivity contribution in [1.29, 1.82) is 0 Å². The van der Waals surface area contributed by atoms with Crippen molar-refractivity contribution in [2.75, 3.05) is 25.5 Å². The van der Waals surface area contributed by atoms with E-state index in [4.69, 9.17) is 4.74 Å². The molecule has 1 amide bonds. The fourth-order valence-electron chi connectivity index (χ4n) is 3.07. The van der Waals surface area contributed by atoms with E-state index in [2.05, 4.69) is 10.6 Å². The predicted molar refractivity (Wildman–Crippen MR) is 76.9 cm³/mol. The standard InChI is InChI=1S/C14H18N2O3S/c1-19-13(18)11-10(2-7-20-11)16-12(17)9-8-14(9)3-5-15-6-4-14/h2,7,9,15H,3-6,8H2,1H3,(H,16,17). The van der Waals surface area contributed by atoms with Crippen molar-refractivity contribution in [1.82, 2.24) is 5.32 Å². The summed E-state index contributed by atoms with van der Waals surface area (Å²) in [5.74, 6) is -0.270. The molecule has 1 spiro atoms. The van der Waals surface area contributed by atoms with Crippen LogP contribution in [0, 0.1) is 11.3 Å². The summed E-state index contributed by atoms with van der Waals surface area (Å²) in [6, 6.07) is 1.76. The first-order chi connectivity index (χ1) is 9.66. The van der Waals surface area contributed by atoms with Gasteiger partial charge in [0.05, 0.1) is 12.8 Å². The largest absolute Gasteiger partial charge is 0.465 e. The molecule has 2 N–H and O–H groups in total. The minimum Gasteiger partial charge on any atom is -0.465 e. The third-order valence-electron chi connectivity index (χ3n) is 4.40. The topological polar surface area (TPSA) is 67.4 Å². The first kappa shape index (κ1) is 13.6. The van der Waals surface area contributed by atoms with Crippen molar-refractivity contribution in [2.24, 2.45) is 11.3 Å². The lowest BCUT2D eigenvalue weighted by molar-refractivity contribution is -0.118. The summed E-state index contributed by atoms with van der Waals surface area (Å²) in [4.78, 5) is 24.4. The zero-order valence-electron chi connectivity index (χ0n) is 11.4. The van der Waals surface area contributed by atoms with Crippen LogP contribution >= 0.6 is 11.3 Å². The van der Waals surface area contributed by atoms with Crippen molar-refractivity contribution in [2.45, 2.75) is 19.3 Å². The molecule has 1 saturated carbocycles. The molecule has 1 saturated heterocycles. The third kappa shape index (κ3) is 2.33. The number of thiophene rings is 1. The molecular formula is C14H18N2O3S. The molecule has 1 aromatic heterocycles. The Balaban J connectivity index is 1.66. The summed E-state index contributed by atoms with van der Waals surface area (Å²) >= 11 is 1.28. The number of methoxy groups -OCH3 is 1. The summed E-state index contributed by atoms with van der Waals surface area (Å²) in [6.07, 6.45) is 3.11. The second-order valence-corrected chi connectivity index (χ2v) is 6.43. The molecule has 0 radical (unpaired) electrons. The molecule has 2 heterocycles. The van der Waals surface area contributed by atoms with E-state index in [1.54, 1.807) is 11.4 Å². The lowest BCUT2D eigenvalue weighted by Gasteiger charge is -2.23. The molecule has 1 atom stereocenters. The van der Waals surface area contributed by atoms with Crippen molar-refractivity contribution in [3.63, 3.8) is 0 Å².